The highest BCUT2D eigenvalue weighted by Gasteiger charge is 2.22. The van der Waals surface area contributed by atoms with E-state index in [-0.39, 0.29) is 16.7 Å². The SMILES string of the molecule is C[NH+](C)CC(C)(C)CNc1ccc([N+](=O)[O-])cc1C(=O)[O-]. The lowest BCUT2D eigenvalue weighted by Gasteiger charge is -2.27. The quantitative estimate of drug-likeness (QED) is 0.524. The molecular formula is C14H21N3O4. The van der Waals surface area contributed by atoms with Crippen LogP contribution >= 0.6 is 0 Å². The van der Waals surface area contributed by atoms with Crippen LogP contribution in [0.4, 0.5) is 11.4 Å². The number of quaternary nitrogens is 1. The molecule has 0 fully saturated rings. The van der Waals surface area contributed by atoms with Gasteiger partial charge in [-0.25, -0.2) is 0 Å². The summed E-state index contributed by atoms with van der Waals surface area (Å²) in [6.45, 7) is 5.58. The van der Waals surface area contributed by atoms with Crippen molar-refractivity contribution in [1.29, 1.82) is 0 Å². The number of carbonyl (C=O) groups excluding carboxylic acids is 1. The molecule has 0 unspecified atom stereocenters. The number of hydrogen-bond donors (Lipinski definition) is 2. The molecule has 0 saturated carbocycles. The van der Waals surface area contributed by atoms with Gasteiger partial charge >= 0.3 is 0 Å². The Morgan fingerprint density at radius 2 is 2.00 bits per heavy atom. The molecule has 0 saturated heterocycles. The predicted octanol–water partition coefficient (Wildman–Crippen LogP) is -0.459. The van der Waals surface area contributed by atoms with E-state index in [0.29, 0.717) is 12.2 Å². The van der Waals surface area contributed by atoms with E-state index in [9.17, 15) is 20.0 Å². The van der Waals surface area contributed by atoms with E-state index in [0.717, 1.165) is 12.6 Å². The summed E-state index contributed by atoms with van der Waals surface area (Å²) in [7, 11) is 4.08. The third-order valence-corrected chi connectivity index (χ3v) is 3.02. The maximum atomic E-state index is 11.1. The van der Waals surface area contributed by atoms with Crippen LogP contribution in [0.25, 0.3) is 0 Å². The minimum atomic E-state index is -1.43. The molecule has 0 heterocycles. The van der Waals surface area contributed by atoms with Crippen LogP contribution in [-0.2, 0) is 0 Å². The molecule has 21 heavy (non-hydrogen) atoms. The zero-order chi connectivity index (χ0) is 16.2. The summed E-state index contributed by atoms with van der Waals surface area (Å²) in [5.74, 6) is -1.43. The van der Waals surface area contributed by atoms with E-state index in [4.69, 9.17) is 0 Å². The predicted molar refractivity (Wildman–Crippen MR) is 77.4 cm³/mol. The molecule has 1 aromatic rings. The van der Waals surface area contributed by atoms with Crippen molar-refractivity contribution >= 4 is 17.3 Å². The average molecular weight is 295 g/mol. The van der Waals surface area contributed by atoms with Crippen LogP contribution in [0.5, 0.6) is 0 Å². The second kappa shape index (κ2) is 6.53. The zero-order valence-corrected chi connectivity index (χ0v) is 12.7. The second-order valence-electron chi connectivity index (χ2n) is 6.18. The number of carboxylic acids is 1. The van der Waals surface area contributed by atoms with Crippen molar-refractivity contribution in [3.05, 3.63) is 33.9 Å². The highest BCUT2D eigenvalue weighted by Crippen LogP contribution is 2.23. The van der Waals surface area contributed by atoms with Crippen molar-refractivity contribution in [3.8, 4) is 0 Å². The van der Waals surface area contributed by atoms with Gasteiger partial charge < -0.3 is 20.1 Å². The van der Waals surface area contributed by atoms with E-state index in [1.807, 2.05) is 14.1 Å². The summed E-state index contributed by atoms with van der Waals surface area (Å²) in [4.78, 5) is 22.5. The number of hydrogen-bond acceptors (Lipinski definition) is 5. The number of aromatic carboxylic acids is 1. The number of nitrogens with one attached hydrogen (secondary N) is 2. The number of rotatable bonds is 7. The highest BCUT2D eigenvalue weighted by atomic mass is 16.6. The van der Waals surface area contributed by atoms with E-state index >= 15 is 0 Å². The van der Waals surface area contributed by atoms with E-state index in [2.05, 4.69) is 19.2 Å². The molecule has 0 aliphatic carbocycles. The summed E-state index contributed by atoms with van der Waals surface area (Å²) in [6.07, 6.45) is 0. The standard InChI is InChI=1S/C14H21N3O4/c1-14(2,9-16(3)4)8-15-12-6-5-10(17(20)21)7-11(12)13(18)19/h5-7,15H,8-9H2,1-4H3,(H,18,19). The Bertz CT molecular complexity index is 541. The molecular weight excluding hydrogens is 274 g/mol. The van der Waals surface area contributed by atoms with Crippen LogP contribution in [0.3, 0.4) is 0 Å². The lowest BCUT2D eigenvalue weighted by Crippen LogP contribution is -3.07. The number of nitro groups is 1. The van der Waals surface area contributed by atoms with Gasteiger partial charge in [-0.1, -0.05) is 13.8 Å². The Labute approximate surface area is 123 Å². The molecule has 0 bridgehead atoms. The maximum absolute atomic E-state index is 11.1. The lowest BCUT2D eigenvalue weighted by atomic mass is 9.92. The fourth-order valence-electron chi connectivity index (χ4n) is 2.32. The average Bonchev–Trinajstić information content (AvgIpc) is 2.34. The molecule has 7 heteroatoms. The lowest BCUT2D eigenvalue weighted by molar-refractivity contribution is -0.865. The Kier molecular flexibility index (Phi) is 5.26. The minimum Gasteiger partial charge on any atom is -0.545 e. The first-order valence-corrected chi connectivity index (χ1v) is 6.65. The molecule has 116 valence electrons. The van der Waals surface area contributed by atoms with E-state index in [1.54, 1.807) is 0 Å². The van der Waals surface area contributed by atoms with Gasteiger partial charge in [0, 0.05) is 35.3 Å². The fraction of sp³-hybridized carbons (Fsp3) is 0.500. The summed E-state index contributed by atoms with van der Waals surface area (Å²) < 4.78 is 0. The first kappa shape index (κ1) is 16.9. The van der Waals surface area contributed by atoms with Gasteiger partial charge in [0.05, 0.1) is 31.5 Å². The molecule has 1 aromatic carbocycles. The molecule has 0 amide bonds. The largest absolute Gasteiger partial charge is 0.545 e. The Hall–Kier alpha value is -2.15. The number of nitrogens with zero attached hydrogens (tertiary/aromatic N) is 1. The number of anilines is 1. The van der Waals surface area contributed by atoms with Crippen molar-refractivity contribution in [3.63, 3.8) is 0 Å². The zero-order valence-electron chi connectivity index (χ0n) is 12.7. The molecule has 0 spiro atoms. The number of carbonyl (C=O) groups is 1. The van der Waals surface area contributed by atoms with Gasteiger partial charge in [-0.15, -0.1) is 0 Å². The van der Waals surface area contributed by atoms with Crippen LogP contribution < -0.4 is 15.3 Å². The minimum absolute atomic E-state index is 0.0518. The van der Waals surface area contributed by atoms with Crippen molar-refractivity contribution in [2.24, 2.45) is 5.41 Å². The molecule has 0 atom stereocenters. The van der Waals surface area contributed by atoms with Gasteiger partial charge in [0.15, 0.2) is 0 Å². The molecule has 0 aliphatic rings. The third kappa shape index (κ3) is 5.03. The summed E-state index contributed by atoms with van der Waals surface area (Å²) in [6, 6.07) is 3.70. The maximum Gasteiger partial charge on any atom is 0.270 e. The Morgan fingerprint density at radius 1 is 1.38 bits per heavy atom. The summed E-state index contributed by atoms with van der Waals surface area (Å²) in [5.41, 5.74) is -0.180. The van der Waals surface area contributed by atoms with Gasteiger partial charge in [0.1, 0.15) is 0 Å². The smallest absolute Gasteiger partial charge is 0.270 e. The number of benzene rings is 1. The Morgan fingerprint density at radius 3 is 2.48 bits per heavy atom. The van der Waals surface area contributed by atoms with Gasteiger partial charge in [0.2, 0.25) is 0 Å². The van der Waals surface area contributed by atoms with Crippen LogP contribution in [0.2, 0.25) is 0 Å². The second-order valence-corrected chi connectivity index (χ2v) is 6.18. The Balaban J connectivity index is 2.93. The van der Waals surface area contributed by atoms with Gasteiger partial charge in [-0.3, -0.25) is 10.1 Å². The van der Waals surface area contributed by atoms with Crippen LogP contribution in [-0.4, -0.2) is 38.1 Å². The van der Waals surface area contributed by atoms with Crippen LogP contribution in [0.15, 0.2) is 18.2 Å². The van der Waals surface area contributed by atoms with Crippen LogP contribution in [0.1, 0.15) is 24.2 Å². The number of carboxylic acid groups (broad SMARTS) is 1. The molecule has 0 aliphatic heterocycles. The molecule has 1 rings (SSSR count). The van der Waals surface area contributed by atoms with E-state index < -0.39 is 10.9 Å². The van der Waals surface area contributed by atoms with Crippen molar-refractivity contribution in [2.45, 2.75) is 13.8 Å². The van der Waals surface area contributed by atoms with Gasteiger partial charge in [0.25, 0.3) is 5.69 Å². The highest BCUT2D eigenvalue weighted by molar-refractivity contribution is 5.93. The van der Waals surface area contributed by atoms with Crippen molar-refractivity contribution in [2.75, 3.05) is 32.5 Å². The van der Waals surface area contributed by atoms with Crippen molar-refractivity contribution < 1.29 is 19.7 Å². The van der Waals surface area contributed by atoms with Gasteiger partial charge in [-0.05, 0) is 6.07 Å². The monoisotopic (exact) mass is 295 g/mol. The van der Waals surface area contributed by atoms with Crippen molar-refractivity contribution in [1.82, 2.24) is 0 Å². The number of non-ortho nitro benzene ring substituents is 1. The molecule has 0 radical (unpaired) electrons. The summed E-state index contributed by atoms with van der Waals surface area (Å²) in [5, 5.41) is 24.9. The number of nitro benzene ring substituents is 1. The summed E-state index contributed by atoms with van der Waals surface area (Å²) >= 11 is 0. The fourth-order valence-corrected chi connectivity index (χ4v) is 2.32. The molecule has 2 N–H and O–H groups in total. The first-order chi connectivity index (χ1) is 9.62. The van der Waals surface area contributed by atoms with Gasteiger partial charge in [-0.2, -0.15) is 0 Å². The topological polar surface area (TPSA) is 99.7 Å². The van der Waals surface area contributed by atoms with Crippen LogP contribution in [0, 0.1) is 15.5 Å². The van der Waals surface area contributed by atoms with E-state index in [1.165, 1.54) is 17.0 Å². The normalized spacial score (nSPS) is 11.5. The first-order valence-electron chi connectivity index (χ1n) is 6.65. The molecule has 7 nitrogen and oxygen atoms in total. The molecule has 0 aromatic heterocycles. The third-order valence-electron chi connectivity index (χ3n) is 3.02.